The van der Waals surface area contributed by atoms with Crippen molar-refractivity contribution in [3.8, 4) is 5.75 Å². The van der Waals surface area contributed by atoms with Crippen LogP contribution in [0.2, 0.25) is 0 Å². The van der Waals surface area contributed by atoms with Gasteiger partial charge in [-0.05, 0) is 30.9 Å². The van der Waals surface area contributed by atoms with Crippen LogP contribution in [0.15, 0.2) is 18.2 Å². The molecule has 0 atom stereocenters. The third-order valence-corrected chi connectivity index (χ3v) is 2.07. The summed E-state index contributed by atoms with van der Waals surface area (Å²) in [7, 11) is 0. The van der Waals surface area contributed by atoms with E-state index in [1.54, 1.807) is 0 Å². The van der Waals surface area contributed by atoms with Crippen molar-refractivity contribution in [2.75, 3.05) is 0 Å². The first-order chi connectivity index (χ1) is 5.88. The third kappa shape index (κ3) is 1.79. The Kier molecular flexibility index (Phi) is 2.03. The molecule has 0 amide bonds. The molecule has 0 spiro atoms. The molecule has 0 aromatic heterocycles. The lowest BCUT2D eigenvalue weighted by molar-refractivity contribution is 0.302. The largest absolute Gasteiger partial charge is 0.490 e. The molecule has 1 heteroatoms. The van der Waals surface area contributed by atoms with Gasteiger partial charge in [0.15, 0.2) is 0 Å². The summed E-state index contributed by atoms with van der Waals surface area (Å²) in [6.07, 6.45) is 3.97. The first-order valence-corrected chi connectivity index (χ1v) is 4.56. The Morgan fingerprint density at radius 3 is 3.08 bits per heavy atom. The van der Waals surface area contributed by atoms with Crippen LogP contribution >= 0.6 is 0 Å². The molecule has 1 aliphatic carbocycles. The highest BCUT2D eigenvalue weighted by atomic mass is 16.5. The van der Waals surface area contributed by atoms with Crippen LogP contribution in [0.4, 0.5) is 0 Å². The summed E-state index contributed by atoms with van der Waals surface area (Å²) in [6.45, 7) is 2.15. The molecule has 1 radical (unpaired) electrons. The molecule has 12 heavy (non-hydrogen) atoms. The number of aryl methyl sites for hydroxylation is 1. The predicted octanol–water partition coefficient (Wildman–Crippen LogP) is 2.59. The highest BCUT2D eigenvalue weighted by molar-refractivity contribution is 5.27. The van der Waals surface area contributed by atoms with Crippen LogP contribution in [0, 0.1) is 6.07 Å². The molecule has 0 aliphatic heterocycles. The van der Waals surface area contributed by atoms with E-state index >= 15 is 0 Å². The number of hydrogen-bond donors (Lipinski definition) is 0. The molecule has 63 valence electrons. The maximum absolute atomic E-state index is 5.61. The van der Waals surface area contributed by atoms with Gasteiger partial charge >= 0.3 is 0 Å². The van der Waals surface area contributed by atoms with Crippen molar-refractivity contribution in [1.82, 2.24) is 0 Å². The van der Waals surface area contributed by atoms with Crippen molar-refractivity contribution in [2.24, 2.45) is 0 Å². The first kappa shape index (κ1) is 7.66. The molecule has 2 rings (SSSR count). The molecule has 1 aromatic carbocycles. The number of rotatable bonds is 3. The van der Waals surface area contributed by atoms with Crippen LogP contribution in [-0.4, -0.2) is 6.10 Å². The zero-order valence-corrected chi connectivity index (χ0v) is 7.34. The van der Waals surface area contributed by atoms with Crippen molar-refractivity contribution in [3.63, 3.8) is 0 Å². The molecule has 1 aliphatic rings. The topological polar surface area (TPSA) is 9.23 Å². The van der Waals surface area contributed by atoms with Gasteiger partial charge in [-0.3, -0.25) is 0 Å². The minimum Gasteiger partial charge on any atom is -0.490 e. The lowest BCUT2D eigenvalue weighted by Crippen LogP contribution is -1.96. The molecule has 1 nitrogen and oxygen atoms in total. The van der Waals surface area contributed by atoms with E-state index in [9.17, 15) is 0 Å². The van der Waals surface area contributed by atoms with Gasteiger partial charge in [-0.25, -0.2) is 0 Å². The number of benzene rings is 1. The molecule has 0 heterocycles. The smallest absolute Gasteiger partial charge is 0.127 e. The fourth-order valence-electron chi connectivity index (χ4n) is 1.14. The minimum atomic E-state index is 0.480. The van der Waals surface area contributed by atoms with E-state index in [0.29, 0.717) is 6.10 Å². The molecular weight excluding hydrogens is 148 g/mol. The van der Waals surface area contributed by atoms with Crippen molar-refractivity contribution in [2.45, 2.75) is 32.3 Å². The van der Waals surface area contributed by atoms with Crippen molar-refractivity contribution in [3.05, 3.63) is 29.8 Å². The Morgan fingerprint density at radius 1 is 1.58 bits per heavy atom. The van der Waals surface area contributed by atoms with Gasteiger partial charge in [0.1, 0.15) is 5.75 Å². The lowest BCUT2D eigenvalue weighted by Gasteiger charge is -2.04. The van der Waals surface area contributed by atoms with Crippen LogP contribution in [0.1, 0.15) is 25.3 Å². The Morgan fingerprint density at radius 2 is 2.42 bits per heavy atom. The second-order valence-corrected chi connectivity index (χ2v) is 3.23. The third-order valence-electron chi connectivity index (χ3n) is 2.07. The standard InChI is InChI=1S/C11H13O/c1-2-9-4-3-5-11(8-9)12-10-6-7-10/h3-4,8,10H,2,6-7H2,1H3. The van der Waals surface area contributed by atoms with E-state index in [2.05, 4.69) is 25.1 Å². The van der Waals surface area contributed by atoms with Gasteiger partial charge in [0.25, 0.3) is 0 Å². The Hall–Kier alpha value is -0.980. The van der Waals surface area contributed by atoms with Gasteiger partial charge in [0.2, 0.25) is 0 Å². The highest BCUT2D eigenvalue weighted by Gasteiger charge is 2.23. The van der Waals surface area contributed by atoms with E-state index in [4.69, 9.17) is 4.74 Å². The van der Waals surface area contributed by atoms with E-state index in [0.717, 1.165) is 12.2 Å². The van der Waals surface area contributed by atoms with E-state index in [1.807, 2.05) is 6.07 Å². The summed E-state index contributed by atoms with van der Waals surface area (Å²) >= 11 is 0. The summed E-state index contributed by atoms with van der Waals surface area (Å²) in [4.78, 5) is 0. The van der Waals surface area contributed by atoms with Crippen LogP contribution < -0.4 is 4.74 Å². The normalized spacial score (nSPS) is 16.1. The average molecular weight is 161 g/mol. The second kappa shape index (κ2) is 3.18. The van der Waals surface area contributed by atoms with Gasteiger partial charge in [-0.1, -0.05) is 19.1 Å². The van der Waals surface area contributed by atoms with E-state index in [1.165, 1.54) is 18.4 Å². The fraction of sp³-hybridized carbons (Fsp3) is 0.455. The monoisotopic (exact) mass is 161 g/mol. The summed E-state index contributed by atoms with van der Waals surface area (Å²) < 4.78 is 5.61. The van der Waals surface area contributed by atoms with Gasteiger partial charge in [0.05, 0.1) is 6.10 Å². The van der Waals surface area contributed by atoms with Crippen LogP contribution in [0.25, 0.3) is 0 Å². The average Bonchev–Trinajstić information content (AvgIpc) is 2.89. The maximum atomic E-state index is 5.61. The van der Waals surface area contributed by atoms with Crippen LogP contribution in [-0.2, 0) is 6.42 Å². The van der Waals surface area contributed by atoms with Crippen molar-refractivity contribution in [1.29, 1.82) is 0 Å². The van der Waals surface area contributed by atoms with Gasteiger partial charge in [-0.15, -0.1) is 0 Å². The highest BCUT2D eigenvalue weighted by Crippen LogP contribution is 2.26. The van der Waals surface area contributed by atoms with Gasteiger partial charge in [0, 0.05) is 6.07 Å². The second-order valence-electron chi connectivity index (χ2n) is 3.23. The maximum Gasteiger partial charge on any atom is 0.127 e. The molecule has 1 fully saturated rings. The SMILES string of the molecule is CCc1cc[c]c(OC2CC2)c1. The molecule has 0 saturated heterocycles. The molecular formula is C11H13O. The molecule has 0 N–H and O–H groups in total. The van der Waals surface area contributed by atoms with E-state index < -0.39 is 0 Å². The first-order valence-electron chi connectivity index (χ1n) is 4.56. The zero-order valence-electron chi connectivity index (χ0n) is 7.34. The summed E-state index contributed by atoms with van der Waals surface area (Å²) in [5.41, 5.74) is 1.32. The summed E-state index contributed by atoms with van der Waals surface area (Å²) in [5.74, 6) is 0.914. The summed E-state index contributed by atoms with van der Waals surface area (Å²) in [6, 6.07) is 9.20. The van der Waals surface area contributed by atoms with Gasteiger partial charge in [-0.2, -0.15) is 0 Å². The minimum absolute atomic E-state index is 0.480. The van der Waals surface area contributed by atoms with E-state index in [-0.39, 0.29) is 0 Å². The Labute approximate surface area is 73.4 Å². The Balaban J connectivity index is 2.08. The number of hydrogen-bond acceptors (Lipinski definition) is 1. The van der Waals surface area contributed by atoms with Gasteiger partial charge < -0.3 is 4.74 Å². The van der Waals surface area contributed by atoms with Crippen molar-refractivity contribution >= 4 is 0 Å². The molecule has 0 unspecified atom stereocenters. The molecule has 1 aromatic rings. The molecule has 0 bridgehead atoms. The predicted molar refractivity (Wildman–Crippen MR) is 48.3 cm³/mol. The molecule has 1 saturated carbocycles. The van der Waals surface area contributed by atoms with Crippen LogP contribution in [0.3, 0.4) is 0 Å². The van der Waals surface area contributed by atoms with Crippen LogP contribution in [0.5, 0.6) is 5.75 Å². The fourth-order valence-corrected chi connectivity index (χ4v) is 1.14. The number of ether oxygens (including phenoxy) is 1. The van der Waals surface area contributed by atoms with Crippen molar-refractivity contribution < 1.29 is 4.74 Å². The summed E-state index contributed by atoms with van der Waals surface area (Å²) in [5, 5.41) is 0. The quantitative estimate of drug-likeness (QED) is 0.662. The Bertz CT molecular complexity index is 263. The zero-order chi connectivity index (χ0) is 8.39. The lowest BCUT2D eigenvalue weighted by atomic mass is 10.2.